The molecule has 1 atom stereocenters. The average molecular weight is 672 g/mol. The van der Waals surface area contributed by atoms with Crippen molar-refractivity contribution in [3.63, 3.8) is 0 Å². The summed E-state index contributed by atoms with van der Waals surface area (Å²) < 4.78 is 41.6. The van der Waals surface area contributed by atoms with Gasteiger partial charge in [-0.15, -0.1) is 11.3 Å². The lowest BCUT2D eigenvalue weighted by Gasteiger charge is -2.33. The van der Waals surface area contributed by atoms with Gasteiger partial charge in [-0.1, -0.05) is 6.07 Å². The summed E-state index contributed by atoms with van der Waals surface area (Å²) in [5, 5.41) is 25.6. The zero-order valence-corrected chi connectivity index (χ0v) is 28.0. The van der Waals surface area contributed by atoms with E-state index in [1.54, 1.807) is 6.92 Å². The van der Waals surface area contributed by atoms with Gasteiger partial charge in [0.2, 0.25) is 0 Å². The number of fused-ring (bicyclic) bond motifs is 2. The van der Waals surface area contributed by atoms with Gasteiger partial charge in [0.25, 0.3) is 0 Å². The van der Waals surface area contributed by atoms with Crippen molar-refractivity contribution in [2.24, 2.45) is 0 Å². The maximum Gasteiger partial charge on any atom is 0.419 e. The van der Waals surface area contributed by atoms with E-state index in [9.17, 15) is 23.5 Å². The number of aryl methyl sites for hydroxylation is 2. The summed E-state index contributed by atoms with van der Waals surface area (Å²) in [4.78, 5) is 14.0. The third-order valence-corrected chi connectivity index (χ3v) is 11.7. The number of thioether (sulfide) groups is 1. The maximum absolute atomic E-state index is 13.1. The molecule has 46 heavy (non-hydrogen) atoms. The number of benzene rings is 1. The number of thiophene rings is 1. The molecule has 2 aliphatic heterocycles. The maximum atomic E-state index is 13.1. The number of alkyl halides is 3. The van der Waals surface area contributed by atoms with E-state index in [2.05, 4.69) is 61.0 Å². The molecule has 0 saturated carbocycles. The Labute approximate surface area is 275 Å². The molecule has 5 heterocycles. The Hall–Kier alpha value is -2.89. The lowest BCUT2D eigenvalue weighted by molar-refractivity contribution is -0.205. The molecule has 2 aliphatic rings. The molecule has 1 aromatic carbocycles. The molecule has 6 rings (SSSR count). The van der Waals surface area contributed by atoms with Crippen molar-refractivity contribution < 1.29 is 18.3 Å². The molecule has 0 amide bonds. The fourth-order valence-corrected chi connectivity index (χ4v) is 8.53. The highest BCUT2D eigenvalue weighted by molar-refractivity contribution is 7.99. The largest absolute Gasteiger partial charge is 0.419 e. The van der Waals surface area contributed by atoms with Crippen LogP contribution in [0.4, 0.5) is 19.0 Å². The van der Waals surface area contributed by atoms with Crippen molar-refractivity contribution in [2.75, 3.05) is 44.3 Å². The second kappa shape index (κ2) is 13.7. The highest BCUT2D eigenvalue weighted by atomic mass is 32.2. The van der Waals surface area contributed by atoms with E-state index < -0.39 is 12.3 Å². The minimum absolute atomic E-state index is 0.118. The summed E-state index contributed by atoms with van der Waals surface area (Å²) in [5.41, 5.74) is 4.29. The van der Waals surface area contributed by atoms with E-state index in [0.29, 0.717) is 27.6 Å². The zero-order valence-electron chi connectivity index (χ0n) is 26.4. The van der Waals surface area contributed by atoms with Crippen LogP contribution in [-0.4, -0.2) is 85.9 Å². The lowest BCUT2D eigenvalue weighted by Crippen LogP contribution is -2.39. The van der Waals surface area contributed by atoms with Gasteiger partial charge in [-0.3, -0.25) is 4.90 Å². The smallest absolute Gasteiger partial charge is 0.379 e. The standard InChI is InChI=1S/C33H40F3N7OS2/c1-20-22(4-5-28-26(20)16-24(18-37)43(28)15-14-41-12-8-25(45-3)9-13-41)19-42-10-6-23(7-11-42)40-31-27-17-29(30(44)33(34,35)36)46-32(27)39-21(2)38-31/h4-5,16-17,23,25,30,44H,6-15,19H2,1-3H3,(H,38,39,40). The van der Waals surface area contributed by atoms with Crippen molar-refractivity contribution >= 4 is 50.0 Å². The summed E-state index contributed by atoms with van der Waals surface area (Å²) >= 11 is 2.82. The summed E-state index contributed by atoms with van der Waals surface area (Å²) in [7, 11) is 0. The Bertz CT molecular complexity index is 1730. The third-order valence-electron chi connectivity index (χ3n) is 9.51. The molecule has 0 aliphatic carbocycles. The molecule has 246 valence electrons. The lowest BCUT2D eigenvalue weighted by atomic mass is 10.0. The number of nitriles is 1. The van der Waals surface area contributed by atoms with Gasteiger partial charge in [0, 0.05) is 59.8 Å². The number of nitrogens with zero attached hydrogens (tertiary/aromatic N) is 6. The first-order valence-corrected chi connectivity index (χ1v) is 17.9. The Morgan fingerprint density at radius 3 is 2.43 bits per heavy atom. The molecule has 0 spiro atoms. The molecule has 4 aromatic rings. The summed E-state index contributed by atoms with van der Waals surface area (Å²) in [5.74, 6) is 0.985. The Morgan fingerprint density at radius 2 is 1.76 bits per heavy atom. The van der Waals surface area contributed by atoms with E-state index in [-0.39, 0.29) is 10.9 Å². The molecule has 13 heteroatoms. The van der Waals surface area contributed by atoms with Crippen LogP contribution in [-0.2, 0) is 13.1 Å². The Morgan fingerprint density at radius 1 is 1.04 bits per heavy atom. The molecule has 0 bridgehead atoms. The SMILES string of the molecule is CSC1CCN(CCn2c(C#N)cc3c(C)c(CN4CCC(Nc5nc(C)nc6sc(C(O)C(F)(F)F)cc56)CC4)ccc32)CC1. The number of aliphatic hydroxyl groups is 1. The number of aromatic nitrogens is 3. The molecule has 1 unspecified atom stereocenters. The van der Waals surface area contributed by atoms with Gasteiger partial charge < -0.3 is 19.9 Å². The van der Waals surface area contributed by atoms with Crippen LogP contribution >= 0.6 is 23.1 Å². The van der Waals surface area contributed by atoms with E-state index in [1.807, 2.05) is 17.8 Å². The number of rotatable bonds is 9. The fourth-order valence-electron chi connectivity index (χ4n) is 6.76. The molecule has 8 nitrogen and oxygen atoms in total. The number of halogens is 3. The van der Waals surface area contributed by atoms with Gasteiger partial charge in [-0.25, -0.2) is 9.97 Å². The predicted octanol–water partition coefficient (Wildman–Crippen LogP) is 6.63. The average Bonchev–Trinajstić information content (AvgIpc) is 3.63. The summed E-state index contributed by atoms with van der Waals surface area (Å²) in [6, 6.07) is 10.3. The zero-order chi connectivity index (χ0) is 32.6. The van der Waals surface area contributed by atoms with Crippen molar-refractivity contribution in [3.05, 3.63) is 51.8 Å². The van der Waals surface area contributed by atoms with Crippen LogP contribution in [0.5, 0.6) is 0 Å². The highest BCUT2D eigenvalue weighted by Crippen LogP contribution is 2.40. The van der Waals surface area contributed by atoms with Gasteiger partial charge in [-0.05, 0) is 88.2 Å². The molecular weight excluding hydrogens is 632 g/mol. The number of piperidine rings is 2. The van der Waals surface area contributed by atoms with Crippen molar-refractivity contribution in [1.82, 2.24) is 24.3 Å². The van der Waals surface area contributed by atoms with Crippen molar-refractivity contribution in [3.8, 4) is 6.07 Å². The van der Waals surface area contributed by atoms with E-state index in [1.165, 1.54) is 30.0 Å². The topological polar surface area (TPSA) is 93.2 Å². The third kappa shape index (κ3) is 7.01. The number of anilines is 1. The van der Waals surface area contributed by atoms with Gasteiger partial charge >= 0.3 is 6.18 Å². The van der Waals surface area contributed by atoms with Gasteiger partial charge in [0.1, 0.15) is 28.2 Å². The second-order valence-electron chi connectivity index (χ2n) is 12.5. The quantitative estimate of drug-likeness (QED) is 0.205. The number of nitrogens with one attached hydrogen (secondary N) is 1. The monoisotopic (exact) mass is 671 g/mol. The molecular formula is C33H40F3N7OS2. The van der Waals surface area contributed by atoms with Gasteiger partial charge in [0.15, 0.2) is 6.10 Å². The Balaban J connectivity index is 1.09. The molecule has 2 saturated heterocycles. The first-order valence-electron chi connectivity index (χ1n) is 15.8. The van der Waals surface area contributed by atoms with Crippen LogP contribution in [0.25, 0.3) is 21.1 Å². The fraction of sp³-hybridized carbons (Fsp3) is 0.545. The molecule has 2 fully saturated rings. The molecule has 0 radical (unpaired) electrons. The van der Waals surface area contributed by atoms with Crippen LogP contribution in [0, 0.1) is 25.2 Å². The number of aliphatic hydroxyl groups excluding tert-OH is 1. The number of hydrogen-bond acceptors (Lipinski definition) is 9. The highest BCUT2D eigenvalue weighted by Gasteiger charge is 2.40. The van der Waals surface area contributed by atoms with Crippen LogP contribution in [0.3, 0.4) is 0 Å². The summed E-state index contributed by atoms with van der Waals surface area (Å²) in [6.07, 6.45) is -0.907. The van der Waals surface area contributed by atoms with Crippen LogP contribution in [0.15, 0.2) is 24.3 Å². The van der Waals surface area contributed by atoms with E-state index >= 15 is 0 Å². The van der Waals surface area contributed by atoms with Crippen LogP contribution in [0.1, 0.15) is 59.3 Å². The van der Waals surface area contributed by atoms with Crippen molar-refractivity contribution in [2.45, 2.75) is 76.2 Å². The van der Waals surface area contributed by atoms with Crippen molar-refractivity contribution in [1.29, 1.82) is 5.26 Å². The first kappa shape index (κ1) is 33.0. The van der Waals surface area contributed by atoms with Gasteiger partial charge in [-0.2, -0.15) is 30.2 Å². The van der Waals surface area contributed by atoms with Crippen LogP contribution < -0.4 is 5.32 Å². The minimum Gasteiger partial charge on any atom is -0.379 e. The van der Waals surface area contributed by atoms with Gasteiger partial charge in [0.05, 0.1) is 5.39 Å². The Kier molecular flexibility index (Phi) is 9.83. The predicted molar refractivity (Wildman–Crippen MR) is 179 cm³/mol. The van der Waals surface area contributed by atoms with Crippen LogP contribution in [0.2, 0.25) is 0 Å². The number of likely N-dealkylation sites (tertiary alicyclic amines) is 2. The number of hydrogen-bond donors (Lipinski definition) is 2. The molecule has 3 aromatic heterocycles. The van der Waals surface area contributed by atoms with E-state index in [4.69, 9.17) is 0 Å². The van der Waals surface area contributed by atoms with E-state index in [0.717, 1.165) is 86.1 Å². The minimum atomic E-state index is -4.74. The first-order chi connectivity index (χ1) is 22.0. The molecule has 2 N–H and O–H groups in total. The second-order valence-corrected chi connectivity index (χ2v) is 14.7. The normalized spacial score (nSPS) is 18.4. The summed E-state index contributed by atoms with van der Waals surface area (Å²) in [6.45, 7) is 10.4.